The number of rotatable bonds is 2. The van der Waals surface area contributed by atoms with Gasteiger partial charge in [-0.05, 0) is 25.2 Å². The molecule has 0 aromatic carbocycles. The zero-order chi connectivity index (χ0) is 11.1. The average Bonchev–Trinajstić information content (AvgIpc) is 2.24. The minimum atomic E-state index is -0.921. The molecule has 1 aliphatic rings. The van der Waals surface area contributed by atoms with Gasteiger partial charge in [-0.2, -0.15) is 0 Å². The minimum absolute atomic E-state index is 0. The molecule has 1 fully saturated rings. The molecule has 0 spiro atoms. The number of hydrogen-bond acceptors (Lipinski definition) is 2. The van der Waals surface area contributed by atoms with Gasteiger partial charge in [0.25, 0.3) is 0 Å². The van der Waals surface area contributed by atoms with Crippen molar-refractivity contribution in [2.75, 3.05) is 0 Å². The molecule has 2 N–H and O–H groups in total. The molecule has 0 radical (unpaired) electrons. The Morgan fingerprint density at radius 2 is 1.67 bits per heavy atom. The first-order chi connectivity index (χ1) is 6.23. The molecule has 15 heavy (non-hydrogen) atoms. The maximum atomic E-state index is 11.1. The van der Waals surface area contributed by atoms with Gasteiger partial charge in [0.2, 0.25) is 0 Å². The summed E-state index contributed by atoms with van der Waals surface area (Å²) in [7, 11) is 0. The number of hydrogen-bond donors (Lipinski definition) is 2. The molecule has 0 bridgehead atoms. The molecule has 0 heterocycles. The monoisotopic (exact) mass is 240 g/mol. The quantitative estimate of drug-likeness (QED) is 0.705. The first-order valence-corrected chi connectivity index (χ1v) is 4.69. The predicted octanol–water partition coefficient (Wildman–Crippen LogP) is 0.950. The molecule has 0 aromatic rings. The van der Waals surface area contributed by atoms with Crippen molar-refractivity contribution in [2.24, 2.45) is 16.7 Å². The average molecular weight is 240 g/mol. The van der Waals surface area contributed by atoms with E-state index in [-0.39, 0.29) is 51.4 Å². The summed E-state index contributed by atoms with van der Waals surface area (Å²) in [4.78, 5) is 22.0. The molecule has 5 heteroatoms. The summed E-state index contributed by atoms with van der Waals surface area (Å²) in [5, 5.41) is 18.1. The van der Waals surface area contributed by atoms with E-state index in [2.05, 4.69) is 0 Å². The second-order valence-electron chi connectivity index (χ2n) is 4.79. The molecular formula is C10H17KO4. The number of aliphatic carboxylic acids is 2. The summed E-state index contributed by atoms with van der Waals surface area (Å²) in [5.41, 5.74) is -1.61. The Kier molecular flexibility index (Phi) is 5.02. The molecule has 1 rings (SSSR count). The molecular weight excluding hydrogens is 223 g/mol. The Morgan fingerprint density at radius 3 is 1.87 bits per heavy atom. The summed E-state index contributed by atoms with van der Waals surface area (Å²) < 4.78 is 0. The Balaban J connectivity index is 0.00000196. The van der Waals surface area contributed by atoms with Gasteiger partial charge in [0.1, 0.15) is 0 Å². The van der Waals surface area contributed by atoms with E-state index in [1.54, 1.807) is 20.8 Å². The third-order valence-electron chi connectivity index (χ3n) is 4.00. The van der Waals surface area contributed by atoms with Crippen LogP contribution in [0.3, 0.4) is 0 Å². The zero-order valence-electron chi connectivity index (χ0n) is 8.70. The molecule has 1 saturated carbocycles. The fourth-order valence-electron chi connectivity index (χ4n) is 2.32. The summed E-state index contributed by atoms with van der Waals surface area (Å²) in [6.45, 7) is 5.10. The van der Waals surface area contributed by atoms with E-state index in [0.717, 1.165) is 0 Å². The van der Waals surface area contributed by atoms with E-state index in [1.807, 2.05) is 0 Å². The standard InChI is InChI=1S/C10H16O4.K.H/c1-9(2)6(7(11)12)4-5-10(9,3)8(13)14;;/h6H,4-5H2,1-3H3,(H,11,12)(H,13,14);;. The van der Waals surface area contributed by atoms with Gasteiger partial charge in [0, 0.05) is 0 Å². The van der Waals surface area contributed by atoms with Crippen LogP contribution in [0.2, 0.25) is 0 Å². The fraction of sp³-hybridized carbons (Fsp3) is 0.800. The van der Waals surface area contributed by atoms with Crippen LogP contribution in [0.4, 0.5) is 0 Å². The van der Waals surface area contributed by atoms with Crippen LogP contribution in [0.5, 0.6) is 0 Å². The Hall–Kier alpha value is 0.576. The number of carboxylic acid groups (broad SMARTS) is 2. The molecule has 2 atom stereocenters. The summed E-state index contributed by atoms with van der Waals surface area (Å²) in [6, 6.07) is 0. The first kappa shape index (κ1) is 15.6. The third kappa shape index (κ3) is 2.31. The van der Waals surface area contributed by atoms with Crippen LogP contribution in [-0.2, 0) is 9.59 Å². The van der Waals surface area contributed by atoms with Crippen molar-refractivity contribution in [3.63, 3.8) is 0 Å². The Morgan fingerprint density at radius 1 is 1.20 bits per heavy atom. The van der Waals surface area contributed by atoms with Crippen molar-refractivity contribution in [3.8, 4) is 0 Å². The molecule has 0 saturated heterocycles. The molecule has 82 valence electrons. The van der Waals surface area contributed by atoms with Gasteiger partial charge in [-0.1, -0.05) is 13.8 Å². The van der Waals surface area contributed by atoms with E-state index in [9.17, 15) is 9.59 Å². The van der Waals surface area contributed by atoms with Crippen LogP contribution in [0.25, 0.3) is 0 Å². The predicted molar refractivity (Wildman–Crippen MR) is 57.0 cm³/mol. The molecule has 2 unspecified atom stereocenters. The van der Waals surface area contributed by atoms with Gasteiger partial charge in [-0.3, -0.25) is 9.59 Å². The van der Waals surface area contributed by atoms with Gasteiger partial charge in [-0.25, -0.2) is 0 Å². The van der Waals surface area contributed by atoms with Gasteiger partial charge < -0.3 is 10.2 Å². The van der Waals surface area contributed by atoms with Gasteiger partial charge in [0.05, 0.1) is 11.3 Å². The van der Waals surface area contributed by atoms with Crippen molar-refractivity contribution in [2.45, 2.75) is 33.6 Å². The molecule has 1 aliphatic carbocycles. The Bertz CT molecular complexity index is 287. The van der Waals surface area contributed by atoms with Crippen LogP contribution in [-0.4, -0.2) is 73.5 Å². The summed E-state index contributed by atoms with van der Waals surface area (Å²) in [6.07, 6.45) is 0.886. The molecule has 0 amide bonds. The normalized spacial score (nSPS) is 33.1. The van der Waals surface area contributed by atoms with Crippen molar-refractivity contribution in [3.05, 3.63) is 0 Å². The summed E-state index contributed by atoms with van der Waals surface area (Å²) >= 11 is 0. The third-order valence-corrected chi connectivity index (χ3v) is 4.00. The van der Waals surface area contributed by atoms with Crippen molar-refractivity contribution < 1.29 is 19.8 Å². The van der Waals surface area contributed by atoms with Crippen LogP contribution >= 0.6 is 0 Å². The van der Waals surface area contributed by atoms with Crippen molar-refractivity contribution in [1.29, 1.82) is 0 Å². The van der Waals surface area contributed by atoms with Gasteiger partial charge in [-0.15, -0.1) is 0 Å². The molecule has 4 nitrogen and oxygen atoms in total. The van der Waals surface area contributed by atoms with Gasteiger partial charge >= 0.3 is 63.3 Å². The first-order valence-electron chi connectivity index (χ1n) is 4.69. The second-order valence-corrected chi connectivity index (χ2v) is 4.79. The fourth-order valence-corrected chi connectivity index (χ4v) is 2.32. The van der Waals surface area contributed by atoms with Crippen LogP contribution in [0.1, 0.15) is 33.6 Å². The Labute approximate surface area is 132 Å². The SMILES string of the molecule is CC1(C(=O)O)CCC(C(=O)O)C1(C)C.[KH]. The topological polar surface area (TPSA) is 74.6 Å². The van der Waals surface area contributed by atoms with Crippen LogP contribution < -0.4 is 0 Å². The van der Waals surface area contributed by atoms with E-state index in [4.69, 9.17) is 10.2 Å². The zero-order valence-corrected chi connectivity index (χ0v) is 8.70. The van der Waals surface area contributed by atoms with E-state index >= 15 is 0 Å². The van der Waals surface area contributed by atoms with Crippen molar-refractivity contribution >= 4 is 63.3 Å². The number of carboxylic acids is 2. The maximum absolute atomic E-state index is 11.1. The molecule has 0 aromatic heterocycles. The van der Waals surface area contributed by atoms with E-state index in [0.29, 0.717) is 12.8 Å². The summed E-state index contributed by atoms with van der Waals surface area (Å²) in [5.74, 6) is -2.34. The van der Waals surface area contributed by atoms with Gasteiger partial charge in [0.15, 0.2) is 0 Å². The molecule has 0 aliphatic heterocycles. The van der Waals surface area contributed by atoms with Crippen molar-refractivity contribution in [1.82, 2.24) is 0 Å². The van der Waals surface area contributed by atoms with Crippen LogP contribution in [0, 0.1) is 16.7 Å². The van der Waals surface area contributed by atoms with E-state index in [1.165, 1.54) is 0 Å². The second kappa shape index (κ2) is 4.83. The van der Waals surface area contributed by atoms with Crippen LogP contribution in [0.15, 0.2) is 0 Å². The van der Waals surface area contributed by atoms with E-state index < -0.39 is 28.7 Å². The number of carbonyl (C=O) groups is 2.